The normalized spacial score (nSPS) is 10.5. The molecule has 0 bridgehead atoms. The number of hydrogen-bond donors (Lipinski definition) is 2. The molecule has 0 aliphatic carbocycles. The molecule has 0 amide bonds. The lowest BCUT2D eigenvalue weighted by Crippen LogP contribution is -2.06. The Morgan fingerprint density at radius 1 is 1.33 bits per heavy atom. The SMILES string of the molecule is ONCc1ccc(-n2cc(Cl)cn2)cc1. The van der Waals surface area contributed by atoms with Gasteiger partial charge in [0.1, 0.15) is 0 Å². The van der Waals surface area contributed by atoms with Crippen molar-refractivity contribution < 1.29 is 5.21 Å². The van der Waals surface area contributed by atoms with Crippen molar-refractivity contribution in [2.24, 2.45) is 0 Å². The van der Waals surface area contributed by atoms with E-state index in [0.717, 1.165) is 11.3 Å². The molecule has 0 aliphatic rings. The minimum atomic E-state index is 0.431. The molecule has 4 nitrogen and oxygen atoms in total. The van der Waals surface area contributed by atoms with Gasteiger partial charge in [-0.2, -0.15) is 5.10 Å². The molecule has 0 saturated carbocycles. The first-order valence-electron chi connectivity index (χ1n) is 4.46. The van der Waals surface area contributed by atoms with Crippen LogP contribution < -0.4 is 5.48 Å². The van der Waals surface area contributed by atoms with Gasteiger partial charge < -0.3 is 5.21 Å². The van der Waals surface area contributed by atoms with Gasteiger partial charge in [0.05, 0.1) is 16.9 Å². The van der Waals surface area contributed by atoms with Crippen LogP contribution in [0.1, 0.15) is 5.56 Å². The lowest BCUT2D eigenvalue weighted by molar-refractivity contribution is 0.161. The highest BCUT2D eigenvalue weighted by Gasteiger charge is 1.98. The van der Waals surface area contributed by atoms with Crippen LogP contribution >= 0.6 is 11.6 Å². The van der Waals surface area contributed by atoms with Crippen molar-refractivity contribution in [2.75, 3.05) is 0 Å². The molecular formula is C10H10ClN3O. The Morgan fingerprint density at radius 3 is 2.60 bits per heavy atom. The summed E-state index contributed by atoms with van der Waals surface area (Å²) in [6.07, 6.45) is 3.33. The summed E-state index contributed by atoms with van der Waals surface area (Å²) in [5.74, 6) is 0. The first-order chi connectivity index (χ1) is 7.29. The molecule has 1 heterocycles. The van der Waals surface area contributed by atoms with Crippen molar-refractivity contribution in [3.63, 3.8) is 0 Å². The van der Waals surface area contributed by atoms with E-state index in [-0.39, 0.29) is 0 Å². The van der Waals surface area contributed by atoms with Crippen LogP contribution in [0, 0.1) is 0 Å². The zero-order valence-electron chi connectivity index (χ0n) is 7.89. The average molecular weight is 224 g/mol. The maximum atomic E-state index is 8.52. The summed E-state index contributed by atoms with van der Waals surface area (Å²) < 4.78 is 1.69. The third kappa shape index (κ3) is 2.36. The Bertz CT molecular complexity index is 438. The molecule has 0 fully saturated rings. The fraction of sp³-hybridized carbons (Fsp3) is 0.100. The molecule has 2 rings (SSSR count). The molecule has 1 aromatic heterocycles. The molecule has 1 aromatic carbocycles. The van der Waals surface area contributed by atoms with Gasteiger partial charge in [0, 0.05) is 12.7 Å². The van der Waals surface area contributed by atoms with E-state index in [9.17, 15) is 0 Å². The van der Waals surface area contributed by atoms with Crippen molar-refractivity contribution in [1.29, 1.82) is 0 Å². The van der Waals surface area contributed by atoms with Crippen LogP contribution in [-0.2, 0) is 6.54 Å². The molecule has 0 radical (unpaired) electrons. The summed E-state index contributed by atoms with van der Waals surface area (Å²) in [6.45, 7) is 0.431. The van der Waals surface area contributed by atoms with Crippen LogP contribution in [0.25, 0.3) is 5.69 Å². The Kier molecular flexibility index (Phi) is 3.01. The highest BCUT2D eigenvalue weighted by Crippen LogP contribution is 2.12. The van der Waals surface area contributed by atoms with Gasteiger partial charge in [-0.3, -0.25) is 0 Å². The van der Waals surface area contributed by atoms with Crippen LogP contribution in [0.4, 0.5) is 0 Å². The lowest BCUT2D eigenvalue weighted by atomic mass is 10.2. The quantitative estimate of drug-likeness (QED) is 0.783. The summed E-state index contributed by atoms with van der Waals surface area (Å²) in [5.41, 5.74) is 4.04. The van der Waals surface area contributed by atoms with E-state index >= 15 is 0 Å². The molecule has 2 N–H and O–H groups in total. The number of benzene rings is 1. The van der Waals surface area contributed by atoms with E-state index in [1.165, 1.54) is 0 Å². The summed E-state index contributed by atoms with van der Waals surface area (Å²) in [6, 6.07) is 7.65. The first-order valence-corrected chi connectivity index (χ1v) is 4.84. The summed E-state index contributed by atoms with van der Waals surface area (Å²) in [5, 5.41) is 13.2. The van der Waals surface area contributed by atoms with E-state index in [1.54, 1.807) is 17.1 Å². The third-order valence-corrected chi connectivity index (χ3v) is 2.23. The number of nitrogens with zero attached hydrogens (tertiary/aromatic N) is 2. The van der Waals surface area contributed by atoms with Crippen LogP contribution in [0.15, 0.2) is 36.7 Å². The number of hydroxylamine groups is 1. The van der Waals surface area contributed by atoms with Crippen molar-refractivity contribution in [2.45, 2.75) is 6.54 Å². The van der Waals surface area contributed by atoms with E-state index < -0.39 is 0 Å². The van der Waals surface area contributed by atoms with Gasteiger partial charge in [-0.25, -0.2) is 10.2 Å². The Balaban J connectivity index is 2.23. The van der Waals surface area contributed by atoms with E-state index in [1.807, 2.05) is 24.3 Å². The molecule has 15 heavy (non-hydrogen) atoms. The number of nitrogens with one attached hydrogen (secondary N) is 1. The van der Waals surface area contributed by atoms with Crippen LogP contribution in [0.5, 0.6) is 0 Å². The molecular weight excluding hydrogens is 214 g/mol. The summed E-state index contributed by atoms with van der Waals surface area (Å²) in [4.78, 5) is 0. The van der Waals surface area contributed by atoms with E-state index in [0.29, 0.717) is 11.6 Å². The van der Waals surface area contributed by atoms with Crippen molar-refractivity contribution in [3.05, 3.63) is 47.2 Å². The highest BCUT2D eigenvalue weighted by atomic mass is 35.5. The zero-order valence-corrected chi connectivity index (χ0v) is 8.65. The Labute approximate surface area is 92.1 Å². The fourth-order valence-corrected chi connectivity index (χ4v) is 1.44. The Hall–Kier alpha value is -1.36. The first kappa shape index (κ1) is 10.2. The van der Waals surface area contributed by atoms with Crippen molar-refractivity contribution >= 4 is 11.6 Å². The molecule has 0 saturated heterocycles. The van der Waals surface area contributed by atoms with Crippen LogP contribution in [0.2, 0.25) is 5.02 Å². The van der Waals surface area contributed by atoms with Crippen LogP contribution in [0.3, 0.4) is 0 Å². The predicted molar refractivity (Wildman–Crippen MR) is 57.2 cm³/mol. The maximum Gasteiger partial charge on any atom is 0.0790 e. The topological polar surface area (TPSA) is 50.1 Å². The maximum absolute atomic E-state index is 8.52. The van der Waals surface area contributed by atoms with Gasteiger partial charge in [0.25, 0.3) is 0 Å². The molecule has 78 valence electrons. The summed E-state index contributed by atoms with van der Waals surface area (Å²) >= 11 is 5.76. The highest BCUT2D eigenvalue weighted by molar-refractivity contribution is 6.30. The monoisotopic (exact) mass is 223 g/mol. The number of halogens is 1. The summed E-state index contributed by atoms with van der Waals surface area (Å²) in [7, 11) is 0. The Morgan fingerprint density at radius 2 is 2.07 bits per heavy atom. The predicted octanol–water partition coefficient (Wildman–Crippen LogP) is 2.00. The van der Waals surface area contributed by atoms with Crippen molar-refractivity contribution in [1.82, 2.24) is 15.3 Å². The van der Waals surface area contributed by atoms with E-state index in [4.69, 9.17) is 16.8 Å². The minimum Gasteiger partial charge on any atom is -0.316 e. The van der Waals surface area contributed by atoms with Gasteiger partial charge >= 0.3 is 0 Å². The molecule has 0 aliphatic heterocycles. The number of rotatable bonds is 3. The largest absolute Gasteiger partial charge is 0.316 e. The van der Waals surface area contributed by atoms with Gasteiger partial charge in [-0.15, -0.1) is 0 Å². The van der Waals surface area contributed by atoms with Gasteiger partial charge in [0.15, 0.2) is 0 Å². The molecule has 5 heteroatoms. The second-order valence-electron chi connectivity index (χ2n) is 3.10. The fourth-order valence-electron chi connectivity index (χ4n) is 1.30. The molecule has 0 atom stereocenters. The molecule has 0 unspecified atom stereocenters. The number of hydrogen-bond acceptors (Lipinski definition) is 3. The zero-order chi connectivity index (χ0) is 10.7. The van der Waals surface area contributed by atoms with Gasteiger partial charge in [-0.05, 0) is 17.7 Å². The number of aromatic nitrogens is 2. The van der Waals surface area contributed by atoms with E-state index in [2.05, 4.69) is 10.6 Å². The molecule has 2 aromatic rings. The molecule has 0 spiro atoms. The third-order valence-electron chi connectivity index (χ3n) is 2.04. The second-order valence-corrected chi connectivity index (χ2v) is 3.54. The van der Waals surface area contributed by atoms with Gasteiger partial charge in [0.2, 0.25) is 0 Å². The lowest BCUT2D eigenvalue weighted by Gasteiger charge is -2.02. The van der Waals surface area contributed by atoms with Crippen LogP contribution in [-0.4, -0.2) is 15.0 Å². The average Bonchev–Trinajstić information content (AvgIpc) is 2.67. The standard InChI is InChI=1S/C10H10ClN3O/c11-9-6-12-14(7-9)10-3-1-8(2-4-10)5-13-15/h1-4,6-7,13,15H,5H2. The van der Waals surface area contributed by atoms with Gasteiger partial charge in [-0.1, -0.05) is 23.7 Å². The minimum absolute atomic E-state index is 0.431. The second kappa shape index (κ2) is 4.44. The van der Waals surface area contributed by atoms with Crippen molar-refractivity contribution in [3.8, 4) is 5.69 Å². The smallest absolute Gasteiger partial charge is 0.0790 e.